The second-order valence-corrected chi connectivity index (χ2v) is 3.11. The molecule has 14 heavy (non-hydrogen) atoms. The van der Waals surface area contributed by atoms with Gasteiger partial charge in [0.05, 0.1) is 5.92 Å². The summed E-state index contributed by atoms with van der Waals surface area (Å²) in [6.45, 7) is 0. The van der Waals surface area contributed by atoms with Crippen LogP contribution in [0.4, 0.5) is 0 Å². The van der Waals surface area contributed by atoms with E-state index in [2.05, 4.69) is 0 Å². The minimum Gasteiger partial charge on any atom is -0.369 e. The van der Waals surface area contributed by atoms with Crippen molar-refractivity contribution in [2.75, 3.05) is 0 Å². The number of carbonyl (C=O) groups is 3. The van der Waals surface area contributed by atoms with Gasteiger partial charge in [0, 0.05) is 11.1 Å². The van der Waals surface area contributed by atoms with E-state index in [-0.39, 0.29) is 17.6 Å². The predicted octanol–water partition coefficient (Wildman–Crippen LogP) is -1.85. The highest BCUT2D eigenvalue weighted by Crippen LogP contribution is 2.31. The molecule has 0 aromatic rings. The van der Waals surface area contributed by atoms with Crippen LogP contribution in [0, 0.1) is 5.92 Å². The number of hydrogen-bond acceptors (Lipinski definition) is 3. The normalized spacial score (nSPS) is 21.0. The molecule has 0 heterocycles. The van der Waals surface area contributed by atoms with Crippen molar-refractivity contribution in [3.63, 3.8) is 0 Å². The van der Waals surface area contributed by atoms with Gasteiger partial charge in [-0.05, 0) is 12.8 Å². The molecule has 0 radical (unpaired) electrons. The van der Waals surface area contributed by atoms with E-state index < -0.39 is 23.6 Å². The van der Waals surface area contributed by atoms with Crippen LogP contribution in [0.3, 0.4) is 0 Å². The van der Waals surface area contributed by atoms with Crippen LogP contribution >= 0.6 is 0 Å². The molecule has 1 aliphatic rings. The second-order valence-electron chi connectivity index (χ2n) is 3.11. The molecule has 0 bridgehead atoms. The fourth-order valence-electron chi connectivity index (χ4n) is 1.64. The third-order valence-electron chi connectivity index (χ3n) is 2.26. The Bertz CT molecular complexity index is 346. The van der Waals surface area contributed by atoms with Crippen molar-refractivity contribution in [3.8, 4) is 0 Å². The zero-order valence-electron chi connectivity index (χ0n) is 7.45. The van der Waals surface area contributed by atoms with Crippen LogP contribution in [0.5, 0.6) is 0 Å². The summed E-state index contributed by atoms with van der Waals surface area (Å²) in [7, 11) is 0. The van der Waals surface area contributed by atoms with Gasteiger partial charge in [0.2, 0.25) is 17.7 Å². The molecule has 0 spiro atoms. The SMILES string of the molecule is NC(=O)C1=C(C(N)=O)C(C(N)=O)CC1. The van der Waals surface area contributed by atoms with E-state index in [1.807, 2.05) is 0 Å². The molecule has 6 N–H and O–H groups in total. The van der Waals surface area contributed by atoms with Gasteiger partial charge in [-0.25, -0.2) is 0 Å². The average Bonchev–Trinajstić information content (AvgIpc) is 2.46. The van der Waals surface area contributed by atoms with Crippen LogP contribution in [-0.2, 0) is 14.4 Å². The molecule has 0 saturated carbocycles. The lowest BCUT2D eigenvalue weighted by atomic mass is 9.99. The maximum atomic E-state index is 11.0. The molecule has 0 saturated heterocycles. The van der Waals surface area contributed by atoms with Gasteiger partial charge in [0.25, 0.3) is 0 Å². The van der Waals surface area contributed by atoms with Gasteiger partial charge >= 0.3 is 0 Å². The van der Waals surface area contributed by atoms with E-state index in [4.69, 9.17) is 17.2 Å². The Morgan fingerprint density at radius 3 is 2.00 bits per heavy atom. The first-order valence-electron chi connectivity index (χ1n) is 4.07. The van der Waals surface area contributed by atoms with E-state index in [0.29, 0.717) is 6.42 Å². The van der Waals surface area contributed by atoms with Crippen molar-refractivity contribution in [2.45, 2.75) is 12.8 Å². The van der Waals surface area contributed by atoms with E-state index in [9.17, 15) is 14.4 Å². The summed E-state index contributed by atoms with van der Waals surface area (Å²) in [5, 5.41) is 0. The second kappa shape index (κ2) is 3.49. The summed E-state index contributed by atoms with van der Waals surface area (Å²) in [5.41, 5.74) is 15.2. The molecule has 1 atom stereocenters. The Labute approximate surface area is 80.1 Å². The van der Waals surface area contributed by atoms with Crippen LogP contribution in [0.1, 0.15) is 12.8 Å². The summed E-state index contributed by atoms with van der Waals surface area (Å²) in [6.07, 6.45) is 0.604. The highest BCUT2D eigenvalue weighted by atomic mass is 16.2. The van der Waals surface area contributed by atoms with E-state index in [1.54, 1.807) is 0 Å². The summed E-state index contributed by atoms with van der Waals surface area (Å²) < 4.78 is 0. The Morgan fingerprint density at radius 2 is 1.64 bits per heavy atom. The van der Waals surface area contributed by atoms with Crippen molar-refractivity contribution < 1.29 is 14.4 Å². The first kappa shape index (κ1) is 10.2. The van der Waals surface area contributed by atoms with Crippen LogP contribution in [0.25, 0.3) is 0 Å². The maximum Gasteiger partial charge on any atom is 0.245 e. The summed E-state index contributed by atoms with van der Waals surface area (Å²) in [4.78, 5) is 32.8. The molecule has 0 aromatic carbocycles. The van der Waals surface area contributed by atoms with Crippen LogP contribution in [0.15, 0.2) is 11.1 Å². The third-order valence-corrected chi connectivity index (χ3v) is 2.26. The first-order valence-corrected chi connectivity index (χ1v) is 4.07. The quantitative estimate of drug-likeness (QED) is 0.491. The average molecular weight is 197 g/mol. The molecule has 6 nitrogen and oxygen atoms in total. The highest BCUT2D eigenvalue weighted by molar-refractivity contribution is 6.08. The van der Waals surface area contributed by atoms with Crippen molar-refractivity contribution in [1.82, 2.24) is 0 Å². The molecule has 1 aliphatic carbocycles. The topological polar surface area (TPSA) is 129 Å². The van der Waals surface area contributed by atoms with Crippen molar-refractivity contribution >= 4 is 17.7 Å². The van der Waals surface area contributed by atoms with Gasteiger partial charge in [-0.3, -0.25) is 14.4 Å². The Morgan fingerprint density at radius 1 is 1.07 bits per heavy atom. The monoisotopic (exact) mass is 197 g/mol. The number of hydrogen-bond donors (Lipinski definition) is 3. The lowest BCUT2D eigenvalue weighted by Gasteiger charge is -2.07. The zero-order chi connectivity index (χ0) is 10.9. The molecule has 0 aromatic heterocycles. The largest absolute Gasteiger partial charge is 0.369 e. The first-order chi connectivity index (χ1) is 6.45. The number of nitrogens with two attached hydrogens (primary N) is 3. The van der Waals surface area contributed by atoms with Crippen molar-refractivity contribution in [1.29, 1.82) is 0 Å². The molecular weight excluding hydrogens is 186 g/mol. The molecule has 76 valence electrons. The molecule has 0 aliphatic heterocycles. The van der Waals surface area contributed by atoms with Crippen molar-refractivity contribution in [2.24, 2.45) is 23.1 Å². The molecule has 1 unspecified atom stereocenters. The standard InChI is InChI=1S/C8H11N3O3/c9-6(12)3-1-2-4(7(10)13)5(3)8(11)14/h3H,1-2H2,(H2,9,12)(H2,10,13)(H2,11,14). The van der Waals surface area contributed by atoms with Crippen molar-refractivity contribution in [3.05, 3.63) is 11.1 Å². The summed E-state index contributed by atoms with van der Waals surface area (Å²) >= 11 is 0. The summed E-state index contributed by atoms with van der Waals surface area (Å²) in [5.74, 6) is -2.95. The van der Waals surface area contributed by atoms with Gasteiger partial charge in [-0.15, -0.1) is 0 Å². The Hall–Kier alpha value is -1.85. The molecular formula is C8H11N3O3. The maximum absolute atomic E-state index is 11.0. The van der Waals surface area contributed by atoms with E-state index >= 15 is 0 Å². The Kier molecular flexibility index (Phi) is 2.55. The van der Waals surface area contributed by atoms with E-state index in [1.165, 1.54) is 0 Å². The fraction of sp³-hybridized carbons (Fsp3) is 0.375. The lowest BCUT2D eigenvalue weighted by molar-refractivity contribution is -0.123. The molecule has 0 fully saturated rings. The minimum absolute atomic E-state index is 0.0231. The highest BCUT2D eigenvalue weighted by Gasteiger charge is 2.34. The Balaban J connectivity index is 3.15. The smallest absolute Gasteiger partial charge is 0.245 e. The number of carbonyl (C=O) groups excluding carboxylic acids is 3. The fourth-order valence-corrected chi connectivity index (χ4v) is 1.64. The summed E-state index contributed by atoms with van der Waals surface area (Å²) in [6, 6.07) is 0. The third kappa shape index (κ3) is 1.59. The number of primary amides is 3. The zero-order valence-corrected chi connectivity index (χ0v) is 7.45. The van der Waals surface area contributed by atoms with Gasteiger partial charge in [0.1, 0.15) is 0 Å². The predicted molar refractivity (Wildman–Crippen MR) is 47.3 cm³/mol. The van der Waals surface area contributed by atoms with Crippen LogP contribution in [0.2, 0.25) is 0 Å². The van der Waals surface area contributed by atoms with Gasteiger partial charge in [-0.1, -0.05) is 0 Å². The van der Waals surface area contributed by atoms with Crippen LogP contribution in [-0.4, -0.2) is 17.7 Å². The number of rotatable bonds is 3. The number of amides is 3. The van der Waals surface area contributed by atoms with Gasteiger partial charge in [0.15, 0.2) is 0 Å². The van der Waals surface area contributed by atoms with E-state index in [0.717, 1.165) is 0 Å². The molecule has 6 heteroatoms. The molecule has 3 amide bonds. The lowest BCUT2D eigenvalue weighted by Crippen LogP contribution is -2.30. The van der Waals surface area contributed by atoms with Crippen LogP contribution < -0.4 is 17.2 Å². The van der Waals surface area contributed by atoms with Gasteiger partial charge < -0.3 is 17.2 Å². The minimum atomic E-state index is -0.805. The molecule has 1 rings (SSSR count). The van der Waals surface area contributed by atoms with Gasteiger partial charge in [-0.2, -0.15) is 0 Å².